The minimum atomic E-state index is 0.639. The van der Waals surface area contributed by atoms with E-state index in [0.717, 1.165) is 10.6 Å². The molecule has 2 aromatic rings. The fourth-order valence-corrected chi connectivity index (χ4v) is 1.91. The standard InChI is InChI=1S/C8H4BrN2S/c9-8-10-7(12-11-8)6-4-2-1-3-5-6/h1-4H. The first-order chi connectivity index (χ1) is 5.86. The van der Waals surface area contributed by atoms with E-state index in [1.165, 1.54) is 11.5 Å². The van der Waals surface area contributed by atoms with E-state index in [-0.39, 0.29) is 0 Å². The topological polar surface area (TPSA) is 25.8 Å². The highest BCUT2D eigenvalue weighted by atomic mass is 79.9. The van der Waals surface area contributed by atoms with Crippen LogP contribution in [0, 0.1) is 6.07 Å². The maximum absolute atomic E-state index is 4.17. The molecule has 1 aromatic carbocycles. The Labute approximate surface area is 82.6 Å². The molecule has 0 fully saturated rings. The summed E-state index contributed by atoms with van der Waals surface area (Å²) in [6.07, 6.45) is 0. The molecule has 0 aliphatic rings. The second-order valence-electron chi connectivity index (χ2n) is 2.14. The Morgan fingerprint density at radius 3 is 2.92 bits per heavy atom. The van der Waals surface area contributed by atoms with Crippen molar-refractivity contribution in [2.45, 2.75) is 0 Å². The van der Waals surface area contributed by atoms with Crippen molar-refractivity contribution < 1.29 is 0 Å². The number of rotatable bonds is 1. The molecule has 0 aliphatic carbocycles. The highest BCUT2D eigenvalue weighted by molar-refractivity contribution is 9.10. The summed E-state index contributed by atoms with van der Waals surface area (Å²) in [6.45, 7) is 0. The zero-order valence-corrected chi connectivity index (χ0v) is 8.39. The van der Waals surface area contributed by atoms with Gasteiger partial charge >= 0.3 is 0 Å². The molecule has 0 saturated heterocycles. The Kier molecular flexibility index (Phi) is 2.19. The molecule has 2 rings (SSSR count). The molecule has 1 heterocycles. The van der Waals surface area contributed by atoms with Gasteiger partial charge in [-0.1, -0.05) is 24.3 Å². The van der Waals surface area contributed by atoms with Gasteiger partial charge in [0, 0.05) is 5.56 Å². The zero-order chi connectivity index (χ0) is 8.39. The van der Waals surface area contributed by atoms with Crippen LogP contribution in [0.25, 0.3) is 10.6 Å². The fraction of sp³-hybridized carbons (Fsp3) is 0. The first-order valence-corrected chi connectivity index (χ1v) is 4.89. The van der Waals surface area contributed by atoms with E-state index in [2.05, 4.69) is 31.4 Å². The van der Waals surface area contributed by atoms with Crippen LogP contribution in [0.1, 0.15) is 0 Å². The van der Waals surface area contributed by atoms with Crippen LogP contribution in [0.4, 0.5) is 0 Å². The summed E-state index contributed by atoms with van der Waals surface area (Å²) in [5.41, 5.74) is 0.987. The Hall–Kier alpha value is -0.740. The van der Waals surface area contributed by atoms with Gasteiger partial charge in [0.25, 0.3) is 0 Å². The lowest BCUT2D eigenvalue weighted by atomic mass is 10.2. The van der Waals surface area contributed by atoms with Crippen molar-refractivity contribution in [3.63, 3.8) is 0 Å². The lowest BCUT2D eigenvalue weighted by Gasteiger charge is -1.90. The summed E-state index contributed by atoms with van der Waals surface area (Å²) >= 11 is 4.57. The van der Waals surface area contributed by atoms with Gasteiger partial charge in [-0.25, -0.2) is 4.98 Å². The molecular weight excluding hydrogens is 236 g/mol. The predicted molar refractivity (Wildman–Crippen MR) is 51.9 cm³/mol. The molecule has 0 amide bonds. The van der Waals surface area contributed by atoms with Crippen molar-refractivity contribution in [1.82, 2.24) is 9.36 Å². The van der Waals surface area contributed by atoms with Gasteiger partial charge in [0.15, 0.2) is 0 Å². The SMILES string of the molecule is Brc1nsc(-c2[c]cccc2)n1. The van der Waals surface area contributed by atoms with Crippen LogP contribution in [0.3, 0.4) is 0 Å². The molecule has 12 heavy (non-hydrogen) atoms. The summed E-state index contributed by atoms with van der Waals surface area (Å²) in [4.78, 5) is 4.17. The molecule has 0 saturated carbocycles. The number of nitrogens with zero attached hydrogens (tertiary/aromatic N) is 2. The average Bonchev–Trinajstić information content (AvgIpc) is 2.54. The van der Waals surface area contributed by atoms with E-state index in [4.69, 9.17) is 0 Å². The van der Waals surface area contributed by atoms with Crippen LogP contribution in [-0.4, -0.2) is 9.36 Å². The minimum absolute atomic E-state index is 0.639. The van der Waals surface area contributed by atoms with Gasteiger partial charge in [0.05, 0.1) is 0 Å². The lowest BCUT2D eigenvalue weighted by molar-refractivity contribution is 1.26. The van der Waals surface area contributed by atoms with Crippen LogP contribution in [0.2, 0.25) is 0 Å². The Morgan fingerprint density at radius 1 is 1.42 bits per heavy atom. The first kappa shape index (κ1) is 7.89. The third kappa shape index (κ3) is 1.54. The molecule has 0 atom stereocenters. The number of halogens is 1. The third-order valence-corrected chi connectivity index (χ3v) is 2.68. The van der Waals surface area contributed by atoms with Crippen molar-refractivity contribution in [2.24, 2.45) is 0 Å². The van der Waals surface area contributed by atoms with Crippen LogP contribution in [-0.2, 0) is 0 Å². The Balaban J connectivity index is 2.45. The van der Waals surface area contributed by atoms with Crippen LogP contribution in [0.15, 0.2) is 29.0 Å². The van der Waals surface area contributed by atoms with Crippen molar-refractivity contribution in [3.05, 3.63) is 35.1 Å². The van der Waals surface area contributed by atoms with Gasteiger partial charge in [-0.05, 0) is 33.5 Å². The molecule has 0 N–H and O–H groups in total. The smallest absolute Gasteiger partial charge is 0.209 e. The third-order valence-electron chi connectivity index (χ3n) is 1.34. The van der Waals surface area contributed by atoms with Crippen LogP contribution in [0.5, 0.6) is 0 Å². The second kappa shape index (κ2) is 3.33. The highest BCUT2D eigenvalue weighted by Gasteiger charge is 2.02. The van der Waals surface area contributed by atoms with Gasteiger partial charge in [-0.3, -0.25) is 0 Å². The zero-order valence-electron chi connectivity index (χ0n) is 5.99. The molecular formula is C8H4BrN2S. The Morgan fingerprint density at radius 2 is 2.33 bits per heavy atom. The maximum Gasteiger partial charge on any atom is 0.209 e. The largest absolute Gasteiger partial charge is 0.209 e. The molecule has 2 nitrogen and oxygen atoms in total. The molecule has 0 spiro atoms. The highest BCUT2D eigenvalue weighted by Crippen LogP contribution is 2.21. The van der Waals surface area contributed by atoms with E-state index in [1.54, 1.807) is 0 Å². The van der Waals surface area contributed by atoms with Crippen molar-refractivity contribution >= 4 is 27.5 Å². The second-order valence-corrected chi connectivity index (χ2v) is 3.61. The molecule has 0 bridgehead atoms. The van der Waals surface area contributed by atoms with E-state index < -0.39 is 0 Å². The average molecular weight is 240 g/mol. The van der Waals surface area contributed by atoms with Gasteiger partial charge < -0.3 is 0 Å². The van der Waals surface area contributed by atoms with E-state index in [9.17, 15) is 0 Å². The van der Waals surface area contributed by atoms with Crippen molar-refractivity contribution in [3.8, 4) is 10.6 Å². The van der Waals surface area contributed by atoms with Crippen LogP contribution >= 0.6 is 27.5 Å². The van der Waals surface area contributed by atoms with Crippen LogP contribution < -0.4 is 0 Å². The summed E-state index contributed by atoms with van der Waals surface area (Å²) in [5.74, 6) is 0. The van der Waals surface area contributed by atoms with E-state index in [1.807, 2.05) is 24.3 Å². The van der Waals surface area contributed by atoms with Crippen molar-refractivity contribution in [2.75, 3.05) is 0 Å². The monoisotopic (exact) mass is 239 g/mol. The fourth-order valence-electron chi connectivity index (χ4n) is 0.841. The minimum Gasteiger partial charge on any atom is -0.209 e. The molecule has 0 unspecified atom stereocenters. The van der Waals surface area contributed by atoms with E-state index >= 15 is 0 Å². The lowest BCUT2D eigenvalue weighted by Crippen LogP contribution is -1.73. The molecule has 1 radical (unpaired) electrons. The van der Waals surface area contributed by atoms with Crippen molar-refractivity contribution in [1.29, 1.82) is 0 Å². The van der Waals surface area contributed by atoms with E-state index in [0.29, 0.717) is 4.73 Å². The molecule has 59 valence electrons. The first-order valence-electron chi connectivity index (χ1n) is 3.32. The molecule has 1 aromatic heterocycles. The predicted octanol–water partition coefficient (Wildman–Crippen LogP) is 2.77. The number of aromatic nitrogens is 2. The molecule has 4 heteroatoms. The van der Waals surface area contributed by atoms with Gasteiger partial charge in [0.1, 0.15) is 5.01 Å². The summed E-state index contributed by atoms with van der Waals surface area (Å²) < 4.78 is 4.66. The molecule has 0 aliphatic heterocycles. The summed E-state index contributed by atoms with van der Waals surface area (Å²) in [7, 11) is 0. The summed E-state index contributed by atoms with van der Waals surface area (Å²) in [6, 6.07) is 10.8. The number of hydrogen-bond donors (Lipinski definition) is 0. The van der Waals surface area contributed by atoms with Gasteiger partial charge in [-0.2, -0.15) is 4.37 Å². The van der Waals surface area contributed by atoms with Gasteiger partial charge in [-0.15, -0.1) is 0 Å². The van der Waals surface area contributed by atoms with Gasteiger partial charge in [0.2, 0.25) is 4.73 Å². The normalized spacial score (nSPS) is 10.1. The number of benzene rings is 1. The quantitative estimate of drug-likeness (QED) is 0.765. The summed E-state index contributed by atoms with van der Waals surface area (Å²) in [5, 5.41) is 0.891. The Bertz CT molecular complexity index is 372. The number of hydrogen-bond acceptors (Lipinski definition) is 3. The maximum atomic E-state index is 4.17.